The van der Waals surface area contributed by atoms with E-state index in [1.807, 2.05) is 6.07 Å². The first kappa shape index (κ1) is 10.3. The van der Waals surface area contributed by atoms with Gasteiger partial charge in [0, 0.05) is 17.1 Å². The van der Waals surface area contributed by atoms with Gasteiger partial charge < -0.3 is 4.74 Å². The third-order valence-electron chi connectivity index (χ3n) is 2.24. The fraction of sp³-hybridized carbons (Fsp3) is 0.0833. The summed E-state index contributed by atoms with van der Waals surface area (Å²) in [4.78, 5) is 26.7. The van der Waals surface area contributed by atoms with Crippen molar-refractivity contribution in [1.29, 1.82) is 0 Å². The number of fused-ring (bicyclic) bond motifs is 1. The lowest BCUT2D eigenvalue weighted by Gasteiger charge is -2.00. The zero-order valence-corrected chi connectivity index (χ0v) is 8.64. The van der Waals surface area contributed by atoms with Gasteiger partial charge in [-0.25, -0.2) is 4.79 Å². The number of aromatic nitrogens is 1. The molecule has 0 radical (unpaired) electrons. The maximum atomic E-state index is 11.5. The summed E-state index contributed by atoms with van der Waals surface area (Å²) in [5.41, 5.74) is 1.09. The number of ether oxygens (including phenoxy) is 1. The summed E-state index contributed by atoms with van der Waals surface area (Å²) < 4.78 is 4.37. The summed E-state index contributed by atoms with van der Waals surface area (Å²) in [6.07, 6.45) is 1.67. The maximum Gasteiger partial charge on any atom is 0.379 e. The van der Waals surface area contributed by atoms with Crippen LogP contribution in [0, 0.1) is 0 Å². The number of esters is 1. The van der Waals surface area contributed by atoms with Gasteiger partial charge in [0.1, 0.15) is 0 Å². The molecule has 4 nitrogen and oxygen atoms in total. The molecule has 2 rings (SSSR count). The maximum absolute atomic E-state index is 11.5. The van der Waals surface area contributed by atoms with Crippen LogP contribution in [0.5, 0.6) is 0 Å². The molecule has 1 heterocycles. The Kier molecular flexibility index (Phi) is 2.64. The van der Waals surface area contributed by atoms with E-state index in [1.165, 1.54) is 7.11 Å². The molecule has 0 saturated heterocycles. The Morgan fingerprint density at radius 2 is 2.06 bits per heavy atom. The highest BCUT2D eigenvalue weighted by Crippen LogP contribution is 2.13. The van der Waals surface area contributed by atoms with Crippen molar-refractivity contribution in [3.05, 3.63) is 42.1 Å². The summed E-state index contributed by atoms with van der Waals surface area (Å²) in [5.74, 6) is -1.50. The molecule has 0 aliphatic rings. The van der Waals surface area contributed by atoms with E-state index in [9.17, 15) is 9.59 Å². The number of Topliss-reactive ketones (excluding diaryl/α,β-unsaturated/α-hetero) is 1. The van der Waals surface area contributed by atoms with Crippen molar-refractivity contribution in [2.45, 2.75) is 0 Å². The lowest BCUT2D eigenvalue weighted by Crippen LogP contribution is -2.15. The van der Waals surface area contributed by atoms with Crippen LogP contribution in [0.25, 0.3) is 10.9 Å². The van der Waals surface area contributed by atoms with Gasteiger partial charge in [-0.05, 0) is 24.3 Å². The summed E-state index contributed by atoms with van der Waals surface area (Å²) in [6.45, 7) is 0. The van der Waals surface area contributed by atoms with Crippen LogP contribution in [-0.4, -0.2) is 23.8 Å². The molecule has 1 aromatic carbocycles. The first-order valence-corrected chi connectivity index (χ1v) is 4.70. The van der Waals surface area contributed by atoms with Crippen LogP contribution in [-0.2, 0) is 9.53 Å². The Balaban J connectivity index is 2.47. The van der Waals surface area contributed by atoms with E-state index in [0.717, 1.165) is 10.9 Å². The van der Waals surface area contributed by atoms with Gasteiger partial charge >= 0.3 is 5.97 Å². The van der Waals surface area contributed by atoms with Gasteiger partial charge in [0.15, 0.2) is 0 Å². The smallest absolute Gasteiger partial charge is 0.379 e. The minimum absolute atomic E-state index is 0.312. The Morgan fingerprint density at radius 3 is 2.81 bits per heavy atom. The van der Waals surface area contributed by atoms with E-state index in [4.69, 9.17) is 0 Å². The predicted octanol–water partition coefficient (Wildman–Crippen LogP) is 1.59. The normalized spacial score (nSPS) is 10.1. The number of rotatable bonds is 2. The molecule has 0 unspecified atom stereocenters. The van der Waals surface area contributed by atoms with Gasteiger partial charge in [-0.2, -0.15) is 0 Å². The van der Waals surface area contributed by atoms with Crippen molar-refractivity contribution in [3.8, 4) is 0 Å². The first-order valence-electron chi connectivity index (χ1n) is 4.70. The minimum atomic E-state index is -0.858. The van der Waals surface area contributed by atoms with Crippen LogP contribution >= 0.6 is 0 Å². The van der Waals surface area contributed by atoms with E-state index in [2.05, 4.69) is 9.72 Å². The molecule has 2 aromatic rings. The summed E-state index contributed by atoms with van der Waals surface area (Å²) in [6, 6.07) is 8.49. The number of ketones is 1. The second-order valence-electron chi connectivity index (χ2n) is 3.23. The number of carbonyl (C=O) groups excluding carboxylic acids is 2. The predicted molar refractivity (Wildman–Crippen MR) is 58.1 cm³/mol. The second-order valence-corrected chi connectivity index (χ2v) is 3.23. The van der Waals surface area contributed by atoms with Crippen LogP contribution < -0.4 is 0 Å². The number of nitrogens with zero attached hydrogens (tertiary/aromatic N) is 1. The standard InChI is InChI=1S/C12H9NO3/c1-16-12(15)11(14)9-4-5-10-8(7-9)3-2-6-13-10/h2-7H,1H3. The third-order valence-corrected chi connectivity index (χ3v) is 2.24. The Bertz CT molecular complexity index is 563. The average Bonchev–Trinajstić information content (AvgIpc) is 2.36. The molecule has 4 heteroatoms. The molecule has 0 aliphatic carbocycles. The van der Waals surface area contributed by atoms with Gasteiger partial charge in [-0.15, -0.1) is 0 Å². The van der Waals surface area contributed by atoms with Gasteiger partial charge in [0.05, 0.1) is 12.6 Å². The van der Waals surface area contributed by atoms with Crippen LogP contribution in [0.2, 0.25) is 0 Å². The van der Waals surface area contributed by atoms with E-state index in [-0.39, 0.29) is 0 Å². The molecule has 0 atom stereocenters. The molecular formula is C12H9NO3. The number of carbonyl (C=O) groups is 2. The number of methoxy groups -OCH3 is 1. The SMILES string of the molecule is COC(=O)C(=O)c1ccc2ncccc2c1. The molecule has 80 valence electrons. The second kappa shape index (κ2) is 4.10. The van der Waals surface area contributed by atoms with Crippen molar-refractivity contribution in [3.63, 3.8) is 0 Å². The number of pyridine rings is 1. The number of hydrogen-bond acceptors (Lipinski definition) is 4. The lowest BCUT2D eigenvalue weighted by atomic mass is 10.1. The van der Waals surface area contributed by atoms with Crippen molar-refractivity contribution in [1.82, 2.24) is 4.98 Å². The van der Waals surface area contributed by atoms with Gasteiger partial charge in [0.2, 0.25) is 0 Å². The van der Waals surface area contributed by atoms with Crippen LogP contribution in [0.4, 0.5) is 0 Å². The topological polar surface area (TPSA) is 56.3 Å². The van der Waals surface area contributed by atoms with E-state index in [1.54, 1.807) is 30.5 Å². The highest BCUT2D eigenvalue weighted by Gasteiger charge is 2.16. The fourth-order valence-electron chi connectivity index (χ4n) is 1.43. The summed E-state index contributed by atoms with van der Waals surface area (Å²) in [5, 5.41) is 0.817. The first-order chi connectivity index (χ1) is 7.72. The Hall–Kier alpha value is -2.23. The van der Waals surface area contributed by atoms with Crippen LogP contribution in [0.15, 0.2) is 36.5 Å². The fourth-order valence-corrected chi connectivity index (χ4v) is 1.43. The third kappa shape index (κ3) is 1.77. The quantitative estimate of drug-likeness (QED) is 0.433. The Morgan fingerprint density at radius 1 is 1.25 bits per heavy atom. The monoisotopic (exact) mass is 215 g/mol. The molecule has 0 amide bonds. The minimum Gasteiger partial charge on any atom is -0.463 e. The summed E-state index contributed by atoms with van der Waals surface area (Å²) in [7, 11) is 1.18. The van der Waals surface area contributed by atoms with Crippen molar-refractivity contribution >= 4 is 22.7 Å². The molecular weight excluding hydrogens is 206 g/mol. The van der Waals surface area contributed by atoms with Gasteiger partial charge in [-0.1, -0.05) is 6.07 Å². The molecule has 0 aliphatic heterocycles. The Labute approximate surface area is 91.9 Å². The summed E-state index contributed by atoms with van der Waals surface area (Å²) >= 11 is 0. The zero-order valence-electron chi connectivity index (χ0n) is 8.64. The molecule has 0 saturated carbocycles. The molecule has 0 bridgehead atoms. The van der Waals surface area contributed by atoms with Crippen molar-refractivity contribution in [2.24, 2.45) is 0 Å². The van der Waals surface area contributed by atoms with Gasteiger partial charge in [0.25, 0.3) is 5.78 Å². The van der Waals surface area contributed by atoms with Crippen molar-refractivity contribution in [2.75, 3.05) is 7.11 Å². The molecule has 0 fully saturated rings. The van der Waals surface area contributed by atoms with Crippen LogP contribution in [0.1, 0.15) is 10.4 Å². The average molecular weight is 215 g/mol. The molecule has 0 spiro atoms. The van der Waals surface area contributed by atoms with Crippen LogP contribution in [0.3, 0.4) is 0 Å². The largest absolute Gasteiger partial charge is 0.463 e. The molecule has 0 N–H and O–H groups in total. The molecule has 1 aromatic heterocycles. The number of hydrogen-bond donors (Lipinski definition) is 0. The van der Waals surface area contributed by atoms with E-state index in [0.29, 0.717) is 5.56 Å². The highest BCUT2D eigenvalue weighted by atomic mass is 16.5. The molecule has 16 heavy (non-hydrogen) atoms. The highest BCUT2D eigenvalue weighted by molar-refractivity contribution is 6.40. The van der Waals surface area contributed by atoms with Crippen molar-refractivity contribution < 1.29 is 14.3 Å². The van der Waals surface area contributed by atoms with Gasteiger partial charge in [-0.3, -0.25) is 9.78 Å². The lowest BCUT2D eigenvalue weighted by molar-refractivity contribution is -0.135. The zero-order chi connectivity index (χ0) is 11.5. The van der Waals surface area contributed by atoms with E-state index < -0.39 is 11.8 Å². The number of benzene rings is 1. The van der Waals surface area contributed by atoms with E-state index >= 15 is 0 Å².